The van der Waals surface area contributed by atoms with E-state index in [4.69, 9.17) is 37.9 Å². The van der Waals surface area contributed by atoms with Gasteiger partial charge in [0.2, 0.25) is 0 Å². The van der Waals surface area contributed by atoms with Crippen molar-refractivity contribution in [3.8, 4) is 0 Å². The van der Waals surface area contributed by atoms with Gasteiger partial charge in [-0.15, -0.1) is 0 Å². The van der Waals surface area contributed by atoms with E-state index >= 15 is 0 Å². The van der Waals surface area contributed by atoms with Gasteiger partial charge in [0.15, 0.2) is 0 Å². The van der Waals surface area contributed by atoms with Crippen LogP contribution >= 0.6 is 23.2 Å². The number of nitrogens with one attached hydrogen (secondary N) is 1. The van der Waals surface area contributed by atoms with E-state index in [-0.39, 0.29) is 6.54 Å². The summed E-state index contributed by atoms with van der Waals surface area (Å²) in [5, 5.41) is 5.49. The van der Waals surface area contributed by atoms with E-state index in [1.165, 1.54) is 7.11 Å². The first-order valence-corrected chi connectivity index (χ1v) is 12.0. The van der Waals surface area contributed by atoms with Crippen LogP contribution in [0.15, 0.2) is 57.6 Å². The standard InChI is InChI=1S/C25H29Cl2N5O2/c1-4-32(5-2)14-8-11-22(25(33)34-3)30-31-23-16-28-24(18-9-6-7-10-20(18)27)19-15-17(26)12-13-21(19)29-23/h6-7,9-10,12-13,15H,4-5,8,11,14,16H2,1-3H3,(H,29,31). The van der Waals surface area contributed by atoms with Gasteiger partial charge in [0.25, 0.3) is 0 Å². The molecule has 0 unspecified atom stereocenters. The second-order valence-electron chi connectivity index (χ2n) is 7.66. The molecule has 180 valence electrons. The zero-order chi connectivity index (χ0) is 24.5. The molecule has 0 bridgehead atoms. The van der Waals surface area contributed by atoms with Crippen molar-refractivity contribution in [2.75, 3.05) is 33.3 Å². The number of benzene rings is 2. The van der Waals surface area contributed by atoms with E-state index in [1.807, 2.05) is 36.4 Å². The largest absolute Gasteiger partial charge is 0.464 e. The first kappa shape index (κ1) is 25.9. The van der Waals surface area contributed by atoms with Crippen LogP contribution in [0.5, 0.6) is 0 Å². The molecule has 0 spiro atoms. The molecule has 7 nitrogen and oxygen atoms in total. The average molecular weight is 502 g/mol. The number of amidine groups is 1. The Kier molecular flexibility index (Phi) is 9.62. The second kappa shape index (κ2) is 12.6. The fraction of sp³-hybridized carbons (Fsp3) is 0.360. The molecular formula is C25H29Cl2N5O2. The Hall–Kier alpha value is -2.74. The van der Waals surface area contributed by atoms with Gasteiger partial charge >= 0.3 is 5.97 Å². The van der Waals surface area contributed by atoms with E-state index in [2.05, 4.69) is 29.3 Å². The quantitative estimate of drug-likeness (QED) is 0.294. The fourth-order valence-corrected chi connectivity index (χ4v) is 4.02. The first-order chi connectivity index (χ1) is 16.5. The van der Waals surface area contributed by atoms with Crippen LogP contribution < -0.4 is 5.43 Å². The molecule has 0 amide bonds. The van der Waals surface area contributed by atoms with Gasteiger partial charge in [0.1, 0.15) is 11.5 Å². The van der Waals surface area contributed by atoms with Crippen LogP contribution in [0.3, 0.4) is 0 Å². The number of hydrogen-bond acceptors (Lipinski definition) is 7. The second-order valence-corrected chi connectivity index (χ2v) is 8.50. The third kappa shape index (κ3) is 6.65. The van der Waals surface area contributed by atoms with Crippen molar-refractivity contribution < 1.29 is 9.53 Å². The summed E-state index contributed by atoms with van der Waals surface area (Å²) in [6, 6.07) is 12.9. The number of halogens is 2. The lowest BCUT2D eigenvalue weighted by Gasteiger charge is -2.17. The summed E-state index contributed by atoms with van der Waals surface area (Å²) in [4.78, 5) is 24.0. The molecule has 2 aromatic rings. The minimum atomic E-state index is -0.464. The van der Waals surface area contributed by atoms with Gasteiger partial charge in [0.05, 0.1) is 25.1 Å². The number of nitrogens with zero attached hydrogens (tertiary/aromatic N) is 4. The molecule has 3 rings (SSSR count). The third-order valence-electron chi connectivity index (χ3n) is 5.51. The number of fused-ring (bicyclic) bond motifs is 1. The van der Waals surface area contributed by atoms with Gasteiger partial charge in [-0.05, 0) is 50.3 Å². The van der Waals surface area contributed by atoms with Crippen LogP contribution in [0.1, 0.15) is 37.8 Å². The lowest BCUT2D eigenvalue weighted by Crippen LogP contribution is -2.28. The summed E-state index contributed by atoms with van der Waals surface area (Å²) < 4.78 is 4.92. The summed E-state index contributed by atoms with van der Waals surface area (Å²) in [5.41, 5.74) is 6.19. The number of methoxy groups -OCH3 is 1. The van der Waals surface area contributed by atoms with Gasteiger partial charge in [-0.3, -0.25) is 10.4 Å². The van der Waals surface area contributed by atoms with E-state index in [9.17, 15) is 4.79 Å². The zero-order valence-corrected chi connectivity index (χ0v) is 21.2. The number of ether oxygens (including phenoxy) is 1. The zero-order valence-electron chi connectivity index (χ0n) is 19.6. The Labute approximate surface area is 210 Å². The molecule has 1 N–H and O–H groups in total. The SMILES string of the molecule is CCN(CC)CCCC(=NNC1=Nc2ccc(Cl)cc2C(c2ccccc2Cl)=NC1)C(=O)OC. The highest BCUT2D eigenvalue weighted by atomic mass is 35.5. The summed E-state index contributed by atoms with van der Waals surface area (Å²) in [6.07, 6.45) is 1.28. The number of esters is 1. The molecule has 34 heavy (non-hydrogen) atoms. The van der Waals surface area contributed by atoms with E-state index in [0.29, 0.717) is 39.4 Å². The molecule has 2 aromatic carbocycles. The van der Waals surface area contributed by atoms with Crippen LogP contribution in [0.2, 0.25) is 10.0 Å². The van der Waals surface area contributed by atoms with Gasteiger partial charge in [0, 0.05) is 27.6 Å². The van der Waals surface area contributed by atoms with Gasteiger partial charge < -0.3 is 9.64 Å². The molecule has 0 atom stereocenters. The monoisotopic (exact) mass is 501 g/mol. The Morgan fingerprint density at radius 1 is 1.15 bits per heavy atom. The summed E-state index contributed by atoms with van der Waals surface area (Å²) in [5.74, 6) is 0.0319. The summed E-state index contributed by atoms with van der Waals surface area (Å²) >= 11 is 12.7. The minimum Gasteiger partial charge on any atom is -0.464 e. The van der Waals surface area contributed by atoms with Crippen molar-refractivity contribution in [2.24, 2.45) is 15.1 Å². The predicted octanol–water partition coefficient (Wildman–Crippen LogP) is 5.12. The lowest BCUT2D eigenvalue weighted by molar-refractivity contribution is -0.132. The third-order valence-corrected chi connectivity index (χ3v) is 6.07. The molecule has 0 saturated heterocycles. The number of hydrazone groups is 1. The van der Waals surface area contributed by atoms with Crippen molar-refractivity contribution in [3.05, 3.63) is 63.6 Å². The average Bonchev–Trinajstić information content (AvgIpc) is 3.02. The molecule has 0 radical (unpaired) electrons. The maximum Gasteiger partial charge on any atom is 0.354 e. The molecule has 0 aliphatic carbocycles. The highest BCUT2D eigenvalue weighted by Crippen LogP contribution is 2.30. The maximum absolute atomic E-state index is 12.3. The van der Waals surface area contributed by atoms with Gasteiger partial charge in [-0.2, -0.15) is 5.10 Å². The Morgan fingerprint density at radius 3 is 2.62 bits per heavy atom. The Balaban J connectivity index is 1.86. The van der Waals surface area contributed by atoms with Gasteiger partial charge in [-0.1, -0.05) is 55.2 Å². The molecule has 9 heteroatoms. The van der Waals surface area contributed by atoms with Gasteiger partial charge in [-0.25, -0.2) is 9.79 Å². The van der Waals surface area contributed by atoms with Crippen molar-refractivity contribution in [1.82, 2.24) is 10.3 Å². The highest BCUT2D eigenvalue weighted by molar-refractivity contribution is 6.37. The lowest BCUT2D eigenvalue weighted by atomic mass is 10.0. The predicted molar refractivity (Wildman–Crippen MR) is 140 cm³/mol. The van der Waals surface area contributed by atoms with E-state index < -0.39 is 5.97 Å². The topological polar surface area (TPSA) is 78.6 Å². The molecule has 1 aliphatic rings. The molecule has 0 saturated carbocycles. The number of aliphatic imine (C=N–C) groups is 2. The molecule has 0 aromatic heterocycles. The van der Waals surface area contributed by atoms with Crippen LogP contribution in [0, 0.1) is 0 Å². The van der Waals surface area contributed by atoms with Crippen LogP contribution in [0.25, 0.3) is 0 Å². The number of rotatable bonds is 9. The number of carbonyl (C=O) groups excluding carboxylic acids is 1. The van der Waals surface area contributed by atoms with Crippen LogP contribution in [-0.4, -0.2) is 61.4 Å². The number of hydrogen-bond donors (Lipinski definition) is 1. The normalized spacial score (nSPS) is 13.6. The molecule has 1 heterocycles. The van der Waals surface area contributed by atoms with Crippen LogP contribution in [0.4, 0.5) is 5.69 Å². The first-order valence-electron chi connectivity index (χ1n) is 11.3. The van der Waals surface area contributed by atoms with Crippen LogP contribution in [-0.2, 0) is 9.53 Å². The maximum atomic E-state index is 12.3. The van der Waals surface area contributed by atoms with Crippen molar-refractivity contribution in [1.29, 1.82) is 0 Å². The number of carbonyl (C=O) groups is 1. The summed E-state index contributed by atoms with van der Waals surface area (Å²) in [7, 11) is 1.35. The van der Waals surface area contributed by atoms with Crippen molar-refractivity contribution in [2.45, 2.75) is 26.7 Å². The molecule has 0 fully saturated rings. The van der Waals surface area contributed by atoms with Crippen molar-refractivity contribution in [3.63, 3.8) is 0 Å². The molecule has 1 aliphatic heterocycles. The fourth-order valence-electron chi connectivity index (χ4n) is 3.62. The smallest absolute Gasteiger partial charge is 0.354 e. The van der Waals surface area contributed by atoms with E-state index in [1.54, 1.807) is 6.07 Å². The Morgan fingerprint density at radius 2 is 1.91 bits per heavy atom. The molecular weight excluding hydrogens is 473 g/mol. The Bertz CT molecular complexity index is 1110. The highest BCUT2D eigenvalue weighted by Gasteiger charge is 2.19. The summed E-state index contributed by atoms with van der Waals surface area (Å²) in [6.45, 7) is 7.27. The van der Waals surface area contributed by atoms with Crippen molar-refractivity contribution >= 4 is 52.1 Å². The van der Waals surface area contributed by atoms with E-state index in [0.717, 1.165) is 37.2 Å². The minimum absolute atomic E-state index is 0.226.